The van der Waals surface area contributed by atoms with Crippen LogP contribution >= 0.6 is 0 Å². The van der Waals surface area contributed by atoms with E-state index in [1.54, 1.807) is 12.0 Å². The van der Waals surface area contributed by atoms with Crippen LogP contribution in [-0.4, -0.2) is 20.1 Å². The zero-order valence-electron chi connectivity index (χ0n) is 12.4. The number of rotatable bonds is 1. The molecule has 1 aliphatic heterocycles. The van der Waals surface area contributed by atoms with Gasteiger partial charge in [-0.15, -0.1) is 0 Å². The van der Waals surface area contributed by atoms with Gasteiger partial charge < -0.3 is 9.64 Å². The quantitative estimate of drug-likeness (QED) is 0.803. The highest BCUT2D eigenvalue weighted by Crippen LogP contribution is 2.51. The maximum atomic E-state index is 12.9. The summed E-state index contributed by atoms with van der Waals surface area (Å²) in [6.07, 6.45) is 0.854. The fraction of sp³-hybridized carbons (Fsp3) is 0.278. The Hall–Kier alpha value is -2.29. The average Bonchev–Trinajstić information content (AvgIpc) is 2.71. The third kappa shape index (κ3) is 1.36. The average molecular weight is 279 g/mol. The molecule has 0 aromatic heterocycles. The summed E-state index contributed by atoms with van der Waals surface area (Å²) in [4.78, 5) is 14.7. The van der Waals surface area contributed by atoms with Crippen LogP contribution in [0, 0.1) is 0 Å². The lowest BCUT2D eigenvalue weighted by Gasteiger charge is -2.32. The van der Waals surface area contributed by atoms with Crippen LogP contribution in [0.4, 0.5) is 5.69 Å². The molecule has 2 aromatic carbocycles. The molecular formula is C18H17NO2. The van der Waals surface area contributed by atoms with Gasteiger partial charge in [0.15, 0.2) is 0 Å². The zero-order chi connectivity index (χ0) is 14.8. The van der Waals surface area contributed by atoms with Crippen LogP contribution in [0.1, 0.15) is 29.2 Å². The van der Waals surface area contributed by atoms with E-state index in [0.717, 1.165) is 23.4 Å². The second kappa shape index (κ2) is 3.88. The Morgan fingerprint density at radius 3 is 2.76 bits per heavy atom. The molecule has 106 valence electrons. The van der Waals surface area contributed by atoms with Gasteiger partial charge in [-0.05, 0) is 53.8 Å². The molecule has 1 aliphatic carbocycles. The van der Waals surface area contributed by atoms with Crippen LogP contribution in [0.2, 0.25) is 0 Å². The smallest absolute Gasteiger partial charge is 0.241 e. The summed E-state index contributed by atoms with van der Waals surface area (Å²) < 4.78 is 5.34. The first-order valence-corrected chi connectivity index (χ1v) is 7.15. The molecule has 1 unspecified atom stereocenters. The number of hydrogen-bond acceptors (Lipinski definition) is 2. The minimum Gasteiger partial charge on any atom is -0.497 e. The van der Waals surface area contributed by atoms with Crippen molar-refractivity contribution in [2.45, 2.75) is 18.8 Å². The van der Waals surface area contributed by atoms with Gasteiger partial charge >= 0.3 is 0 Å². The van der Waals surface area contributed by atoms with Crippen molar-refractivity contribution in [1.29, 1.82) is 0 Å². The number of carbonyl (C=O) groups excluding carboxylic acids is 1. The predicted octanol–water partition coefficient (Wildman–Crippen LogP) is 2.88. The Balaban J connectivity index is 2.05. The van der Waals surface area contributed by atoms with E-state index in [2.05, 4.69) is 12.1 Å². The molecule has 0 fully saturated rings. The normalized spacial score (nSPS) is 22.0. The first kappa shape index (κ1) is 12.5. The minimum atomic E-state index is -0.569. The topological polar surface area (TPSA) is 29.5 Å². The molecule has 1 amide bonds. The molecule has 3 nitrogen and oxygen atoms in total. The molecule has 3 heteroatoms. The highest BCUT2D eigenvalue weighted by Gasteiger charge is 2.51. The van der Waals surface area contributed by atoms with Gasteiger partial charge in [0.2, 0.25) is 5.91 Å². The standard InChI is InChI=1S/C18H17NO2/c1-18-14-8-7-13(21-3)10-12(14)9-11-5-4-6-15(16(11)18)19(2)17(18)20/h4-8,10H,9H2,1-3H3. The van der Waals surface area contributed by atoms with E-state index >= 15 is 0 Å². The third-order valence-corrected chi connectivity index (χ3v) is 4.95. The Labute approximate surface area is 124 Å². The number of carbonyl (C=O) groups is 1. The van der Waals surface area contributed by atoms with Gasteiger partial charge in [0.25, 0.3) is 0 Å². The Bertz CT molecular complexity index is 781. The van der Waals surface area contributed by atoms with E-state index in [4.69, 9.17) is 4.74 Å². The zero-order valence-corrected chi connectivity index (χ0v) is 12.4. The van der Waals surface area contributed by atoms with Crippen molar-refractivity contribution in [3.63, 3.8) is 0 Å². The fourth-order valence-electron chi connectivity index (χ4n) is 3.93. The van der Waals surface area contributed by atoms with Crippen LogP contribution < -0.4 is 9.64 Å². The minimum absolute atomic E-state index is 0.149. The van der Waals surface area contributed by atoms with Crippen LogP contribution in [-0.2, 0) is 16.6 Å². The molecule has 0 radical (unpaired) electrons. The summed E-state index contributed by atoms with van der Waals surface area (Å²) in [6, 6.07) is 12.3. The molecule has 0 bridgehead atoms. The highest BCUT2D eigenvalue weighted by molar-refractivity contribution is 6.11. The van der Waals surface area contributed by atoms with Crippen molar-refractivity contribution in [1.82, 2.24) is 0 Å². The van der Waals surface area contributed by atoms with Crippen molar-refractivity contribution in [2.75, 3.05) is 19.1 Å². The number of ether oxygens (including phenoxy) is 1. The van der Waals surface area contributed by atoms with Crippen molar-refractivity contribution < 1.29 is 9.53 Å². The van der Waals surface area contributed by atoms with E-state index in [9.17, 15) is 4.79 Å². The number of fused-ring (bicyclic) bond motifs is 2. The van der Waals surface area contributed by atoms with Crippen molar-refractivity contribution >= 4 is 11.6 Å². The van der Waals surface area contributed by atoms with Crippen molar-refractivity contribution in [2.24, 2.45) is 0 Å². The number of likely N-dealkylation sites (N-methyl/N-ethyl adjacent to an activating group) is 1. The molecule has 4 rings (SSSR count). The van der Waals surface area contributed by atoms with Gasteiger partial charge in [-0.1, -0.05) is 18.2 Å². The lowest BCUT2D eigenvalue weighted by atomic mass is 9.68. The molecule has 0 saturated heterocycles. The molecule has 0 saturated carbocycles. The number of methoxy groups -OCH3 is 1. The lowest BCUT2D eigenvalue weighted by Crippen LogP contribution is -2.39. The van der Waals surface area contributed by atoms with E-state index in [0.29, 0.717) is 0 Å². The molecule has 1 heterocycles. The Morgan fingerprint density at radius 2 is 2.00 bits per heavy atom. The van der Waals surface area contributed by atoms with Gasteiger partial charge in [-0.25, -0.2) is 0 Å². The van der Waals surface area contributed by atoms with Gasteiger partial charge in [0, 0.05) is 12.7 Å². The number of hydrogen-bond donors (Lipinski definition) is 0. The van der Waals surface area contributed by atoms with Gasteiger partial charge in [0.1, 0.15) is 5.75 Å². The number of nitrogens with zero attached hydrogens (tertiary/aromatic N) is 1. The van der Waals surface area contributed by atoms with E-state index in [1.807, 2.05) is 38.2 Å². The number of anilines is 1. The molecular weight excluding hydrogens is 262 g/mol. The molecule has 2 aliphatic rings. The number of benzene rings is 2. The second-order valence-corrected chi connectivity index (χ2v) is 6.00. The lowest BCUT2D eigenvalue weighted by molar-refractivity contribution is -0.121. The van der Waals surface area contributed by atoms with Crippen molar-refractivity contribution in [3.05, 3.63) is 58.7 Å². The molecule has 21 heavy (non-hydrogen) atoms. The highest BCUT2D eigenvalue weighted by atomic mass is 16.5. The van der Waals surface area contributed by atoms with Crippen molar-refractivity contribution in [3.8, 4) is 5.75 Å². The van der Waals surface area contributed by atoms with Crippen LogP contribution in [0.15, 0.2) is 36.4 Å². The molecule has 2 aromatic rings. The summed E-state index contributed by atoms with van der Waals surface area (Å²) in [5, 5.41) is 0. The molecule has 0 N–H and O–H groups in total. The van der Waals surface area contributed by atoms with E-state index in [-0.39, 0.29) is 5.91 Å². The second-order valence-electron chi connectivity index (χ2n) is 6.00. The number of amides is 1. The monoisotopic (exact) mass is 279 g/mol. The fourth-order valence-corrected chi connectivity index (χ4v) is 3.93. The summed E-state index contributed by atoms with van der Waals surface area (Å²) in [6.45, 7) is 2.05. The third-order valence-electron chi connectivity index (χ3n) is 4.95. The summed E-state index contributed by atoms with van der Waals surface area (Å²) in [7, 11) is 3.54. The van der Waals surface area contributed by atoms with E-state index in [1.165, 1.54) is 16.7 Å². The first-order chi connectivity index (χ1) is 10.1. The Kier molecular flexibility index (Phi) is 2.30. The summed E-state index contributed by atoms with van der Waals surface area (Å²) in [5.41, 5.74) is 5.19. The molecule has 0 spiro atoms. The SMILES string of the molecule is COc1ccc2c(c1)Cc1cccc3c1C2(C)C(=O)N3C. The molecule has 1 atom stereocenters. The Morgan fingerprint density at radius 1 is 1.19 bits per heavy atom. The maximum Gasteiger partial charge on any atom is 0.241 e. The van der Waals surface area contributed by atoms with Gasteiger partial charge in [-0.2, -0.15) is 0 Å². The van der Waals surface area contributed by atoms with Crippen LogP contribution in [0.25, 0.3) is 0 Å². The summed E-state index contributed by atoms with van der Waals surface area (Å²) >= 11 is 0. The van der Waals surface area contributed by atoms with Crippen LogP contribution in [0.3, 0.4) is 0 Å². The first-order valence-electron chi connectivity index (χ1n) is 7.15. The van der Waals surface area contributed by atoms with Crippen LogP contribution in [0.5, 0.6) is 5.75 Å². The van der Waals surface area contributed by atoms with Gasteiger partial charge in [-0.3, -0.25) is 4.79 Å². The van der Waals surface area contributed by atoms with E-state index < -0.39 is 5.41 Å². The maximum absolute atomic E-state index is 12.9. The predicted molar refractivity (Wildman–Crippen MR) is 82.1 cm³/mol. The largest absolute Gasteiger partial charge is 0.497 e. The van der Waals surface area contributed by atoms with Gasteiger partial charge in [0.05, 0.1) is 12.5 Å². The summed E-state index contributed by atoms with van der Waals surface area (Å²) in [5.74, 6) is 0.992.